The van der Waals surface area contributed by atoms with Crippen molar-refractivity contribution in [2.24, 2.45) is 0 Å². The van der Waals surface area contributed by atoms with Gasteiger partial charge in [0.05, 0.1) is 0 Å². The van der Waals surface area contributed by atoms with Crippen LogP contribution in [0.4, 0.5) is 17.1 Å². The third-order valence-corrected chi connectivity index (χ3v) is 9.63. The first-order valence-electron chi connectivity index (χ1n) is 16.8. The molecule has 0 saturated heterocycles. The Hall–Kier alpha value is -6.44. The van der Waals surface area contributed by atoms with E-state index in [1.54, 1.807) is 0 Å². The number of hydrogen-bond acceptors (Lipinski definition) is 1. The van der Waals surface area contributed by atoms with E-state index in [9.17, 15) is 0 Å². The molecule has 9 aromatic rings. The molecule has 230 valence electrons. The van der Waals surface area contributed by atoms with Crippen LogP contribution >= 0.6 is 0 Å². The molecular formula is C48H33N. The number of rotatable bonds is 6. The molecule has 0 aliphatic carbocycles. The van der Waals surface area contributed by atoms with Crippen molar-refractivity contribution in [3.8, 4) is 33.4 Å². The van der Waals surface area contributed by atoms with Crippen molar-refractivity contribution in [3.63, 3.8) is 0 Å². The average Bonchev–Trinajstić information content (AvgIpc) is 3.19. The van der Waals surface area contributed by atoms with E-state index in [4.69, 9.17) is 0 Å². The third kappa shape index (κ3) is 5.42. The van der Waals surface area contributed by atoms with Crippen molar-refractivity contribution in [2.45, 2.75) is 0 Å². The predicted octanol–water partition coefficient (Wildman–Crippen LogP) is 13.6. The van der Waals surface area contributed by atoms with Gasteiger partial charge in [-0.05, 0) is 114 Å². The van der Waals surface area contributed by atoms with Gasteiger partial charge >= 0.3 is 0 Å². The van der Waals surface area contributed by atoms with Gasteiger partial charge in [0.1, 0.15) is 0 Å². The molecule has 0 N–H and O–H groups in total. The lowest BCUT2D eigenvalue weighted by Crippen LogP contribution is -2.09. The maximum Gasteiger partial charge on any atom is 0.0468 e. The zero-order chi connectivity index (χ0) is 32.6. The molecule has 0 heterocycles. The van der Waals surface area contributed by atoms with Gasteiger partial charge in [-0.25, -0.2) is 0 Å². The molecule has 0 bridgehead atoms. The lowest BCUT2D eigenvalue weighted by molar-refractivity contribution is 1.29. The Kier molecular flexibility index (Phi) is 7.22. The van der Waals surface area contributed by atoms with E-state index in [1.165, 1.54) is 65.7 Å². The van der Waals surface area contributed by atoms with Crippen molar-refractivity contribution >= 4 is 49.4 Å². The van der Waals surface area contributed by atoms with Gasteiger partial charge in [0.25, 0.3) is 0 Å². The first-order valence-corrected chi connectivity index (χ1v) is 16.8. The van der Waals surface area contributed by atoms with E-state index in [1.807, 2.05) is 0 Å². The van der Waals surface area contributed by atoms with Crippen LogP contribution in [0.1, 0.15) is 0 Å². The van der Waals surface area contributed by atoms with E-state index in [-0.39, 0.29) is 0 Å². The molecule has 0 fully saturated rings. The Morgan fingerprint density at radius 3 is 1.43 bits per heavy atom. The Morgan fingerprint density at radius 2 is 0.735 bits per heavy atom. The summed E-state index contributed by atoms with van der Waals surface area (Å²) in [5.41, 5.74) is 10.7. The summed E-state index contributed by atoms with van der Waals surface area (Å²) in [6.07, 6.45) is 0. The van der Waals surface area contributed by atoms with Gasteiger partial charge in [0.2, 0.25) is 0 Å². The van der Waals surface area contributed by atoms with Crippen LogP contribution in [-0.4, -0.2) is 0 Å². The normalized spacial score (nSPS) is 11.3. The second kappa shape index (κ2) is 12.3. The highest BCUT2D eigenvalue weighted by molar-refractivity contribution is 6.14. The minimum Gasteiger partial charge on any atom is -0.310 e. The lowest BCUT2D eigenvalue weighted by atomic mass is 9.91. The van der Waals surface area contributed by atoms with Crippen molar-refractivity contribution < 1.29 is 0 Å². The summed E-state index contributed by atoms with van der Waals surface area (Å²) in [5.74, 6) is 0. The van der Waals surface area contributed by atoms with Gasteiger partial charge in [-0.2, -0.15) is 0 Å². The zero-order valence-corrected chi connectivity index (χ0v) is 27.0. The van der Waals surface area contributed by atoms with Crippen molar-refractivity contribution in [1.29, 1.82) is 0 Å². The second-order valence-electron chi connectivity index (χ2n) is 12.6. The number of fused-ring (bicyclic) bond motifs is 4. The standard InChI is InChI=1S/C48H33N/c1-3-11-34(12-4-1)36-21-26-42(27-22-36)49(44-30-25-35-13-7-8-16-39(35)31-44)43-28-23-37(24-29-43)40-19-20-41-33-47(38-14-5-2-6-15-38)45-17-9-10-18-46(45)48(41)32-40/h1-33H. The first kappa shape index (κ1) is 28.8. The highest BCUT2D eigenvalue weighted by Crippen LogP contribution is 2.40. The summed E-state index contributed by atoms with van der Waals surface area (Å²) in [6.45, 7) is 0. The molecule has 0 aromatic heterocycles. The van der Waals surface area contributed by atoms with Crippen LogP contribution in [0.25, 0.3) is 65.7 Å². The van der Waals surface area contributed by atoms with Gasteiger partial charge in [0.15, 0.2) is 0 Å². The van der Waals surface area contributed by atoms with E-state index in [2.05, 4.69) is 205 Å². The van der Waals surface area contributed by atoms with Crippen molar-refractivity contribution in [1.82, 2.24) is 0 Å². The molecule has 9 aromatic carbocycles. The maximum atomic E-state index is 2.35. The fraction of sp³-hybridized carbons (Fsp3) is 0. The van der Waals surface area contributed by atoms with Gasteiger partial charge in [-0.1, -0.05) is 152 Å². The summed E-state index contributed by atoms with van der Waals surface area (Å²) in [6, 6.07) is 72.4. The van der Waals surface area contributed by atoms with Crippen LogP contribution in [0.2, 0.25) is 0 Å². The minimum atomic E-state index is 1.12. The molecule has 9 rings (SSSR count). The molecule has 1 nitrogen and oxygen atoms in total. The fourth-order valence-electron chi connectivity index (χ4n) is 7.14. The summed E-state index contributed by atoms with van der Waals surface area (Å²) >= 11 is 0. The molecule has 0 spiro atoms. The average molecular weight is 624 g/mol. The predicted molar refractivity (Wildman–Crippen MR) is 210 cm³/mol. The highest BCUT2D eigenvalue weighted by Gasteiger charge is 2.15. The smallest absolute Gasteiger partial charge is 0.0468 e. The van der Waals surface area contributed by atoms with Gasteiger partial charge in [-0.15, -0.1) is 0 Å². The third-order valence-electron chi connectivity index (χ3n) is 9.63. The summed E-state index contributed by atoms with van der Waals surface area (Å²) in [5, 5.41) is 7.53. The molecule has 49 heavy (non-hydrogen) atoms. The molecule has 0 aliphatic rings. The van der Waals surface area contributed by atoms with E-state index in [0.29, 0.717) is 0 Å². The van der Waals surface area contributed by atoms with E-state index in [0.717, 1.165) is 17.1 Å². The summed E-state index contributed by atoms with van der Waals surface area (Å²) in [7, 11) is 0. The largest absolute Gasteiger partial charge is 0.310 e. The Bertz CT molecular complexity index is 2570. The SMILES string of the molecule is c1ccc(-c2ccc(N(c3ccc(-c4ccc5cc(-c6ccccc6)c6ccccc6c5c4)cc3)c3ccc4ccccc4c3)cc2)cc1. The van der Waals surface area contributed by atoms with Gasteiger partial charge in [-0.3, -0.25) is 0 Å². The molecule has 0 amide bonds. The fourth-order valence-corrected chi connectivity index (χ4v) is 7.14. The van der Waals surface area contributed by atoms with Crippen LogP contribution in [0.3, 0.4) is 0 Å². The van der Waals surface area contributed by atoms with Crippen LogP contribution < -0.4 is 4.90 Å². The molecule has 1 heteroatoms. The lowest BCUT2D eigenvalue weighted by Gasteiger charge is -2.26. The zero-order valence-electron chi connectivity index (χ0n) is 27.0. The summed E-state index contributed by atoms with van der Waals surface area (Å²) < 4.78 is 0. The molecule has 0 radical (unpaired) electrons. The van der Waals surface area contributed by atoms with Crippen LogP contribution in [0.15, 0.2) is 200 Å². The Balaban J connectivity index is 1.12. The quantitative estimate of drug-likeness (QED) is 0.167. The van der Waals surface area contributed by atoms with Crippen LogP contribution in [-0.2, 0) is 0 Å². The topological polar surface area (TPSA) is 3.24 Å². The number of anilines is 3. The number of nitrogens with zero attached hydrogens (tertiary/aromatic N) is 1. The van der Waals surface area contributed by atoms with E-state index >= 15 is 0 Å². The first-order chi connectivity index (χ1) is 24.3. The molecule has 0 saturated carbocycles. The molecule has 0 unspecified atom stereocenters. The van der Waals surface area contributed by atoms with Crippen molar-refractivity contribution in [3.05, 3.63) is 200 Å². The van der Waals surface area contributed by atoms with Crippen LogP contribution in [0.5, 0.6) is 0 Å². The number of benzene rings is 9. The monoisotopic (exact) mass is 623 g/mol. The number of hydrogen-bond donors (Lipinski definition) is 0. The molecular weight excluding hydrogens is 591 g/mol. The highest BCUT2D eigenvalue weighted by atomic mass is 15.1. The van der Waals surface area contributed by atoms with Crippen LogP contribution in [0, 0.1) is 0 Å². The molecule has 0 aliphatic heterocycles. The Labute approximate surface area is 287 Å². The van der Waals surface area contributed by atoms with Gasteiger partial charge < -0.3 is 4.90 Å². The second-order valence-corrected chi connectivity index (χ2v) is 12.6. The summed E-state index contributed by atoms with van der Waals surface area (Å²) in [4.78, 5) is 2.35. The molecule has 0 atom stereocenters. The van der Waals surface area contributed by atoms with E-state index < -0.39 is 0 Å². The van der Waals surface area contributed by atoms with Crippen molar-refractivity contribution in [2.75, 3.05) is 4.90 Å². The Morgan fingerprint density at radius 1 is 0.245 bits per heavy atom. The van der Waals surface area contributed by atoms with Gasteiger partial charge in [0, 0.05) is 17.1 Å². The maximum absolute atomic E-state index is 2.35. The minimum absolute atomic E-state index is 1.12.